The fourth-order valence-electron chi connectivity index (χ4n) is 9.92. The molecule has 11 aromatic rings. The molecule has 0 radical (unpaired) electrons. The van der Waals surface area contributed by atoms with E-state index in [2.05, 4.69) is 29.2 Å². The van der Waals surface area contributed by atoms with Crippen LogP contribution in [0.4, 0.5) is 0 Å². The Morgan fingerprint density at radius 3 is 1.04 bits per heavy atom. The lowest BCUT2D eigenvalue weighted by Crippen LogP contribution is -2.28. The van der Waals surface area contributed by atoms with Crippen LogP contribution >= 0.6 is 34.0 Å². The molecule has 17 nitrogen and oxygen atoms in total. The third-order valence-corrected chi connectivity index (χ3v) is 21.3. The number of hydrogen-bond donors (Lipinski definition) is 1. The number of rotatable bonds is 31. The zero-order valence-corrected chi connectivity index (χ0v) is 58.0. The van der Waals surface area contributed by atoms with E-state index in [-0.39, 0.29) is 67.4 Å². The standard InChI is InChI=1S/C38H40N2O5S2.C18H22O7S2.C17H17NO2S.2CH4/c1-39(17-7-21-44-27-13-15-35-31(25-27)37(41)29-9-3-5-11-33(29)46-35)19-23-43-24-20-40(2)18-8-22-45-28-14-16-36-32(26-28)38(42)30-10-4-6-12-34(30)47-36;1-15-3-7-17(8-4-15)26(19,20)24-13-11-23-12-14-25-27(21,22)18-9-5-16(2)6-10-18;1-18-9-4-10-20-12-7-8-16-14(11-12)17(19)13-5-2-3-6-15(13)21-16;;/h3-6,9-16,25-26H,7-8,17-24H2,1-2H3;3-10H,11-14H2,1-2H3;2-3,5-8,11,18H,4,9-10H2,1H3;2*1H4. The van der Waals surface area contributed by atoms with Gasteiger partial charge in [0.15, 0.2) is 16.3 Å². The Balaban J connectivity index is 0.000000224. The lowest BCUT2D eigenvalue weighted by atomic mass is 10.2. The fourth-order valence-corrected chi connectivity index (χ4v) is 14.9. The molecule has 0 unspecified atom stereocenters. The molecule has 1 N–H and O–H groups in total. The van der Waals surface area contributed by atoms with E-state index in [0.29, 0.717) is 33.0 Å². The van der Waals surface area contributed by atoms with Crippen LogP contribution in [0.3, 0.4) is 0 Å². The average molecular weight is 1410 g/mol. The molecule has 97 heavy (non-hydrogen) atoms. The van der Waals surface area contributed by atoms with Crippen molar-refractivity contribution in [1.82, 2.24) is 15.1 Å². The van der Waals surface area contributed by atoms with Gasteiger partial charge in [0.05, 0.1) is 69.3 Å². The summed E-state index contributed by atoms with van der Waals surface area (Å²) < 4.78 is 92.3. The van der Waals surface area contributed by atoms with Gasteiger partial charge in [-0.3, -0.25) is 22.7 Å². The molecule has 0 aliphatic heterocycles. The summed E-state index contributed by atoms with van der Waals surface area (Å²) >= 11 is 4.91. The molecule has 0 aliphatic carbocycles. The van der Waals surface area contributed by atoms with Gasteiger partial charge in [0.2, 0.25) is 0 Å². The van der Waals surface area contributed by atoms with Crippen LogP contribution in [-0.2, 0) is 38.1 Å². The van der Waals surface area contributed by atoms with E-state index in [0.717, 1.165) is 141 Å². The molecule has 22 heteroatoms. The Bertz CT molecular complexity index is 4530. The van der Waals surface area contributed by atoms with Crippen LogP contribution in [0.5, 0.6) is 17.2 Å². The monoisotopic (exact) mass is 1410 g/mol. The van der Waals surface area contributed by atoms with Crippen molar-refractivity contribution in [2.45, 2.75) is 57.8 Å². The Morgan fingerprint density at radius 1 is 0.371 bits per heavy atom. The minimum absolute atomic E-state index is 0. The highest BCUT2D eigenvalue weighted by atomic mass is 32.2. The van der Waals surface area contributed by atoms with Crippen LogP contribution in [0.15, 0.2) is 200 Å². The second-order valence-corrected chi connectivity index (χ2v) is 29.0. The molecule has 0 bridgehead atoms. The highest BCUT2D eigenvalue weighted by Gasteiger charge is 2.17. The fraction of sp³-hybridized carbons (Fsp3) is 0.320. The second kappa shape index (κ2) is 38.0. The van der Waals surface area contributed by atoms with E-state index in [9.17, 15) is 31.2 Å². The number of benzene rings is 8. The van der Waals surface area contributed by atoms with Gasteiger partial charge in [-0.2, -0.15) is 16.8 Å². The number of nitrogens with one attached hydrogen (secondary N) is 1. The summed E-state index contributed by atoms with van der Waals surface area (Å²) in [5.41, 5.74) is 2.09. The third-order valence-electron chi connectivity index (χ3n) is 15.2. The number of likely N-dealkylation sites (N-methyl/N-ethyl adjacent to an activating group) is 2. The lowest BCUT2D eigenvalue weighted by Gasteiger charge is -2.19. The SMILES string of the molecule is C.C.CN(CCCOc1ccc2sc3ccccc3c(=O)c2c1)CCOCCN(C)CCCOc1ccc2sc3ccccc3c(=O)c2c1.CNCCCOc1ccc2sc3ccccc3c(=O)c2c1.Cc1ccc(S(=O)(=O)OCCOCCOS(=O)(=O)c2ccc(C)cc2)cc1. The summed E-state index contributed by atoms with van der Waals surface area (Å²) in [6.45, 7) is 11.0. The minimum atomic E-state index is -3.84. The largest absolute Gasteiger partial charge is 0.494 e. The molecule has 516 valence electrons. The Hall–Kier alpha value is -7.55. The highest BCUT2D eigenvalue weighted by molar-refractivity contribution is 7.87. The molecule has 0 amide bonds. The summed E-state index contributed by atoms with van der Waals surface area (Å²) in [5, 5.41) is 7.56. The molecule has 0 spiro atoms. The zero-order chi connectivity index (χ0) is 67.2. The number of nitrogens with zero attached hydrogens (tertiary/aromatic N) is 2. The summed E-state index contributed by atoms with van der Waals surface area (Å²) in [4.78, 5) is 43.1. The Morgan fingerprint density at radius 2 is 0.691 bits per heavy atom. The first-order valence-corrected chi connectivity index (χ1v) is 36.6. The van der Waals surface area contributed by atoms with Crippen molar-refractivity contribution in [2.24, 2.45) is 0 Å². The molecule has 0 atom stereocenters. The van der Waals surface area contributed by atoms with Gasteiger partial charge in [0.25, 0.3) is 20.2 Å². The van der Waals surface area contributed by atoms with Gasteiger partial charge >= 0.3 is 0 Å². The van der Waals surface area contributed by atoms with Crippen LogP contribution in [0, 0.1) is 13.8 Å². The van der Waals surface area contributed by atoms with Crippen LogP contribution in [-0.4, -0.2) is 140 Å². The van der Waals surface area contributed by atoms with Gasteiger partial charge in [-0.1, -0.05) is 86.6 Å². The maximum atomic E-state index is 12.9. The van der Waals surface area contributed by atoms with Gasteiger partial charge in [-0.05, 0) is 176 Å². The van der Waals surface area contributed by atoms with Crippen molar-refractivity contribution in [1.29, 1.82) is 0 Å². The van der Waals surface area contributed by atoms with E-state index in [1.165, 1.54) is 24.3 Å². The van der Waals surface area contributed by atoms with Crippen molar-refractivity contribution in [2.75, 3.05) is 113 Å². The first kappa shape index (κ1) is 76.8. The first-order valence-electron chi connectivity index (χ1n) is 31.3. The topological polar surface area (TPSA) is 203 Å². The summed E-state index contributed by atoms with van der Waals surface area (Å²) in [6.07, 6.45) is 2.72. The number of hydrogen-bond acceptors (Lipinski definition) is 20. The quantitative estimate of drug-likeness (QED) is 0.0244. The van der Waals surface area contributed by atoms with E-state index < -0.39 is 20.2 Å². The van der Waals surface area contributed by atoms with Crippen molar-refractivity contribution in [3.05, 3.63) is 218 Å². The van der Waals surface area contributed by atoms with Crippen LogP contribution in [0.25, 0.3) is 60.5 Å². The van der Waals surface area contributed by atoms with Crippen molar-refractivity contribution in [3.63, 3.8) is 0 Å². The first-order chi connectivity index (χ1) is 46.0. The van der Waals surface area contributed by atoms with Gasteiger partial charge < -0.3 is 38.8 Å². The summed E-state index contributed by atoms with van der Waals surface area (Å²) in [5.74, 6) is 2.23. The smallest absolute Gasteiger partial charge is 0.297 e. The second-order valence-electron chi connectivity index (χ2n) is 22.5. The molecule has 0 aliphatic rings. The number of ether oxygens (including phenoxy) is 5. The average Bonchev–Trinajstić information content (AvgIpc) is 0.795. The predicted octanol–water partition coefficient (Wildman–Crippen LogP) is 14.4. The molecule has 11 rings (SSSR count). The molecule has 0 saturated heterocycles. The van der Waals surface area contributed by atoms with E-state index in [4.69, 9.17) is 32.1 Å². The van der Waals surface area contributed by atoms with Crippen LogP contribution in [0.2, 0.25) is 0 Å². The van der Waals surface area contributed by atoms with E-state index in [1.807, 2.05) is 148 Å². The van der Waals surface area contributed by atoms with Gasteiger partial charge in [0.1, 0.15) is 17.2 Å². The molecule has 0 fully saturated rings. The molecular weight excluding hydrogens is 1330 g/mol. The maximum absolute atomic E-state index is 12.9. The molecule has 3 aromatic heterocycles. The van der Waals surface area contributed by atoms with Gasteiger partial charge in [-0.15, -0.1) is 34.0 Å². The summed E-state index contributed by atoms with van der Waals surface area (Å²) in [7, 11) is -1.57. The van der Waals surface area contributed by atoms with Crippen molar-refractivity contribution >= 4 is 115 Å². The number of aryl methyl sites for hydroxylation is 2. The predicted molar refractivity (Wildman–Crippen MR) is 400 cm³/mol. The van der Waals surface area contributed by atoms with E-state index in [1.54, 1.807) is 58.3 Å². The van der Waals surface area contributed by atoms with Gasteiger partial charge in [0, 0.05) is 86.7 Å². The third kappa shape index (κ3) is 22.2. The molecule has 3 heterocycles. The zero-order valence-electron chi connectivity index (χ0n) is 53.9. The highest BCUT2D eigenvalue weighted by Crippen LogP contribution is 2.30. The summed E-state index contributed by atoms with van der Waals surface area (Å²) in [6, 6.07) is 53.2. The number of fused-ring (bicyclic) bond motifs is 6. The lowest BCUT2D eigenvalue weighted by molar-refractivity contribution is 0.0794. The maximum Gasteiger partial charge on any atom is 0.297 e. The molecule has 8 aromatic carbocycles. The van der Waals surface area contributed by atoms with E-state index >= 15 is 0 Å². The van der Waals surface area contributed by atoms with Crippen LogP contribution < -0.4 is 35.8 Å². The Kier molecular flexibility index (Phi) is 30.1. The molecular formula is C75H87N3O14S5. The van der Waals surface area contributed by atoms with Crippen LogP contribution in [0.1, 0.15) is 45.2 Å². The van der Waals surface area contributed by atoms with Crippen molar-refractivity contribution < 1.29 is 48.9 Å². The van der Waals surface area contributed by atoms with Crippen molar-refractivity contribution in [3.8, 4) is 17.2 Å². The minimum Gasteiger partial charge on any atom is -0.494 e. The normalized spacial score (nSPS) is 11.5. The Labute approximate surface area is 581 Å². The van der Waals surface area contributed by atoms with Gasteiger partial charge in [-0.25, -0.2) is 0 Å². The molecule has 0 saturated carbocycles.